The van der Waals surface area contributed by atoms with Crippen molar-refractivity contribution in [1.29, 1.82) is 0 Å². The topological polar surface area (TPSA) is 72.5 Å². The van der Waals surface area contributed by atoms with E-state index < -0.39 is 18.0 Å². The fourth-order valence-electron chi connectivity index (χ4n) is 2.16. The van der Waals surface area contributed by atoms with Gasteiger partial charge in [0.1, 0.15) is 0 Å². The number of carbonyl (C=O) groups excluding carboxylic acids is 3. The van der Waals surface area contributed by atoms with Crippen LogP contribution in [0.15, 0.2) is 54.6 Å². The van der Waals surface area contributed by atoms with Gasteiger partial charge in [-0.2, -0.15) is 0 Å². The quantitative estimate of drug-likeness (QED) is 0.680. The number of esters is 1. The zero-order chi connectivity index (χ0) is 16.8. The van der Waals surface area contributed by atoms with E-state index in [-0.39, 0.29) is 5.78 Å². The van der Waals surface area contributed by atoms with Gasteiger partial charge in [0, 0.05) is 18.1 Å². The van der Waals surface area contributed by atoms with Crippen LogP contribution in [0.25, 0.3) is 0 Å². The van der Waals surface area contributed by atoms with Crippen LogP contribution in [0.3, 0.4) is 0 Å². The summed E-state index contributed by atoms with van der Waals surface area (Å²) in [5.74, 6) is -1.24. The van der Waals surface area contributed by atoms with E-state index in [0.717, 1.165) is 0 Å². The molecule has 0 aromatic heterocycles. The molecule has 0 saturated carbocycles. The Hall–Kier alpha value is -2.95. The predicted molar refractivity (Wildman–Crippen MR) is 86.0 cm³/mol. The second kappa shape index (κ2) is 7.35. The Balaban J connectivity index is 2.29. The molecule has 0 heterocycles. The van der Waals surface area contributed by atoms with Crippen molar-refractivity contribution >= 4 is 23.3 Å². The zero-order valence-corrected chi connectivity index (χ0v) is 12.9. The minimum absolute atomic E-state index is 0.162. The van der Waals surface area contributed by atoms with Gasteiger partial charge in [0.2, 0.25) is 6.10 Å². The van der Waals surface area contributed by atoms with Crippen molar-refractivity contribution in [2.45, 2.75) is 20.0 Å². The molecule has 0 bridgehead atoms. The van der Waals surface area contributed by atoms with Gasteiger partial charge in [-0.1, -0.05) is 42.5 Å². The molecule has 0 aliphatic carbocycles. The third-order valence-corrected chi connectivity index (χ3v) is 3.19. The number of anilines is 1. The van der Waals surface area contributed by atoms with E-state index in [1.54, 1.807) is 54.6 Å². The third-order valence-electron chi connectivity index (χ3n) is 3.19. The van der Waals surface area contributed by atoms with Gasteiger partial charge in [-0.15, -0.1) is 0 Å². The van der Waals surface area contributed by atoms with E-state index in [9.17, 15) is 14.4 Å². The van der Waals surface area contributed by atoms with Gasteiger partial charge in [-0.25, -0.2) is 0 Å². The number of carbonyl (C=O) groups is 3. The first-order chi connectivity index (χ1) is 11.0. The van der Waals surface area contributed by atoms with Crippen molar-refractivity contribution in [3.05, 3.63) is 65.7 Å². The highest BCUT2D eigenvalue weighted by Gasteiger charge is 2.24. The van der Waals surface area contributed by atoms with E-state index in [1.807, 2.05) is 0 Å². The first-order valence-corrected chi connectivity index (χ1v) is 7.12. The van der Waals surface area contributed by atoms with Crippen molar-refractivity contribution in [2.24, 2.45) is 0 Å². The van der Waals surface area contributed by atoms with Crippen molar-refractivity contribution in [3.8, 4) is 0 Å². The Morgan fingerprint density at radius 3 is 2.13 bits per heavy atom. The van der Waals surface area contributed by atoms with Crippen LogP contribution >= 0.6 is 0 Å². The number of ketones is 1. The minimum atomic E-state index is -1.08. The molecule has 1 N–H and O–H groups in total. The zero-order valence-electron chi connectivity index (χ0n) is 12.9. The molecule has 5 nitrogen and oxygen atoms in total. The molecular weight excluding hydrogens is 294 g/mol. The number of benzene rings is 2. The molecule has 1 amide bonds. The first-order valence-electron chi connectivity index (χ1n) is 7.12. The Bertz CT molecular complexity index is 725. The van der Waals surface area contributed by atoms with Gasteiger partial charge < -0.3 is 10.1 Å². The normalized spacial score (nSPS) is 11.4. The molecule has 0 spiro atoms. The maximum absolute atomic E-state index is 12.5. The molecule has 1 unspecified atom stereocenters. The standard InChI is InChI=1S/C18H17NO4/c1-12(20)15-10-6-7-11-16(15)19-18(22)17(23-13(2)21)14-8-4-3-5-9-14/h3-11,17H,1-2H3,(H,19,22). The maximum Gasteiger partial charge on any atom is 0.303 e. The Labute approximate surface area is 134 Å². The number of para-hydroxylation sites is 1. The van der Waals surface area contributed by atoms with Crippen molar-refractivity contribution in [1.82, 2.24) is 0 Å². The summed E-state index contributed by atoms with van der Waals surface area (Å²) in [6, 6.07) is 15.4. The number of nitrogens with one attached hydrogen (secondary N) is 1. The van der Waals surface area contributed by atoms with Gasteiger partial charge >= 0.3 is 5.97 Å². The lowest BCUT2D eigenvalue weighted by Gasteiger charge is -2.18. The molecule has 2 rings (SSSR count). The van der Waals surface area contributed by atoms with Gasteiger partial charge in [0.25, 0.3) is 5.91 Å². The summed E-state index contributed by atoms with van der Waals surface area (Å²) < 4.78 is 5.13. The largest absolute Gasteiger partial charge is 0.447 e. The lowest BCUT2D eigenvalue weighted by atomic mass is 10.1. The number of rotatable bonds is 5. The number of amides is 1. The minimum Gasteiger partial charge on any atom is -0.447 e. The molecule has 5 heteroatoms. The molecule has 1 atom stereocenters. The maximum atomic E-state index is 12.5. The van der Waals surface area contributed by atoms with Crippen LogP contribution in [0.4, 0.5) is 5.69 Å². The molecule has 118 valence electrons. The summed E-state index contributed by atoms with van der Waals surface area (Å²) in [7, 11) is 0. The summed E-state index contributed by atoms with van der Waals surface area (Å²) >= 11 is 0. The van der Waals surface area contributed by atoms with Crippen LogP contribution in [-0.4, -0.2) is 17.7 Å². The molecule has 0 radical (unpaired) electrons. The summed E-state index contributed by atoms with van der Waals surface area (Å²) in [4.78, 5) is 35.5. The number of hydrogen-bond donors (Lipinski definition) is 1. The van der Waals surface area contributed by atoms with Crippen LogP contribution in [0, 0.1) is 0 Å². The number of ether oxygens (including phenoxy) is 1. The molecule has 0 aliphatic heterocycles. The van der Waals surface area contributed by atoms with E-state index in [4.69, 9.17) is 4.74 Å². The average Bonchev–Trinajstić information content (AvgIpc) is 2.53. The Morgan fingerprint density at radius 2 is 1.52 bits per heavy atom. The summed E-state index contributed by atoms with van der Waals surface area (Å²) in [6.45, 7) is 2.67. The fraction of sp³-hybridized carbons (Fsp3) is 0.167. The van der Waals surface area contributed by atoms with Gasteiger partial charge in [0.05, 0.1) is 5.69 Å². The van der Waals surface area contributed by atoms with Gasteiger partial charge in [0.15, 0.2) is 5.78 Å². The Kier molecular flexibility index (Phi) is 5.25. The highest BCUT2D eigenvalue weighted by Crippen LogP contribution is 2.22. The number of Topliss-reactive ketones (excluding diaryl/α,β-unsaturated/α-hetero) is 1. The monoisotopic (exact) mass is 311 g/mol. The molecule has 2 aromatic carbocycles. The van der Waals surface area contributed by atoms with Crippen LogP contribution in [0.2, 0.25) is 0 Å². The Morgan fingerprint density at radius 1 is 0.913 bits per heavy atom. The van der Waals surface area contributed by atoms with Crippen molar-refractivity contribution in [3.63, 3.8) is 0 Å². The molecule has 2 aromatic rings. The molecular formula is C18H17NO4. The van der Waals surface area contributed by atoms with Crippen molar-refractivity contribution in [2.75, 3.05) is 5.32 Å². The number of hydrogen-bond acceptors (Lipinski definition) is 4. The van der Waals surface area contributed by atoms with Gasteiger partial charge in [-0.05, 0) is 19.1 Å². The molecule has 0 aliphatic rings. The second-order valence-electron chi connectivity index (χ2n) is 4.99. The first kappa shape index (κ1) is 16.4. The highest BCUT2D eigenvalue weighted by molar-refractivity contribution is 6.05. The van der Waals surface area contributed by atoms with E-state index >= 15 is 0 Å². The van der Waals surface area contributed by atoms with Crippen LogP contribution < -0.4 is 5.32 Å². The highest BCUT2D eigenvalue weighted by atomic mass is 16.5. The third kappa shape index (κ3) is 4.26. The van der Waals surface area contributed by atoms with Gasteiger partial charge in [-0.3, -0.25) is 14.4 Å². The smallest absolute Gasteiger partial charge is 0.303 e. The average molecular weight is 311 g/mol. The summed E-state index contributed by atoms with van der Waals surface area (Å²) in [6.07, 6.45) is -1.08. The van der Waals surface area contributed by atoms with E-state index in [2.05, 4.69) is 5.32 Å². The lowest BCUT2D eigenvalue weighted by molar-refractivity contribution is -0.152. The molecule has 23 heavy (non-hydrogen) atoms. The second-order valence-corrected chi connectivity index (χ2v) is 4.99. The molecule has 0 fully saturated rings. The summed E-state index contributed by atoms with van der Waals surface area (Å²) in [5.41, 5.74) is 1.34. The van der Waals surface area contributed by atoms with Crippen LogP contribution in [0.1, 0.15) is 35.9 Å². The van der Waals surface area contributed by atoms with Crippen molar-refractivity contribution < 1.29 is 19.1 Å². The van der Waals surface area contributed by atoms with Crippen LogP contribution in [-0.2, 0) is 14.3 Å². The SMILES string of the molecule is CC(=O)OC(C(=O)Nc1ccccc1C(C)=O)c1ccccc1. The van der Waals surface area contributed by atoms with E-state index in [1.165, 1.54) is 13.8 Å². The predicted octanol–water partition coefficient (Wildman–Crippen LogP) is 3.13. The fourth-order valence-corrected chi connectivity index (χ4v) is 2.16. The van der Waals surface area contributed by atoms with E-state index in [0.29, 0.717) is 16.8 Å². The lowest BCUT2D eigenvalue weighted by Crippen LogP contribution is -2.25. The van der Waals surface area contributed by atoms with Crippen LogP contribution in [0.5, 0.6) is 0 Å². The summed E-state index contributed by atoms with van der Waals surface area (Å²) in [5, 5.41) is 2.66. The molecule has 0 saturated heterocycles.